The van der Waals surface area contributed by atoms with Crippen LogP contribution in [0.15, 0.2) is 48.2 Å². The van der Waals surface area contributed by atoms with Crippen LogP contribution < -0.4 is 0 Å². The Morgan fingerprint density at radius 2 is 1.89 bits per heavy atom. The number of carbonyl (C=O) groups is 1. The third-order valence-corrected chi connectivity index (χ3v) is 6.02. The molecule has 2 heterocycles. The molecule has 0 spiro atoms. The maximum atomic E-state index is 13.2. The van der Waals surface area contributed by atoms with Crippen molar-refractivity contribution in [2.75, 3.05) is 0 Å². The highest BCUT2D eigenvalue weighted by Gasteiger charge is 2.63. The fourth-order valence-electron chi connectivity index (χ4n) is 4.25. The Labute approximate surface area is 162 Å². The van der Waals surface area contributed by atoms with Gasteiger partial charge >= 0.3 is 0 Å². The molecule has 1 aliphatic carbocycles. The predicted molar refractivity (Wildman–Crippen MR) is 97.8 cm³/mol. The fourth-order valence-corrected chi connectivity index (χ4v) is 4.50. The zero-order valence-corrected chi connectivity index (χ0v) is 15.1. The Balaban J connectivity index is 1.96. The molecule has 3 aliphatic rings. The molecule has 1 saturated carbocycles. The van der Waals surface area contributed by atoms with Crippen molar-refractivity contribution >= 4 is 17.4 Å². The fraction of sp³-hybridized carbons (Fsp3) is 0.333. The SMILES string of the molecule is N#CC1=CN2[C@H](C(=O)C3CC3)[C@H](c3ccccc3Cl)C(C#N)(C#N)[C@H]2C=C1. The van der Waals surface area contributed by atoms with Crippen LogP contribution >= 0.6 is 11.6 Å². The number of allylic oxidation sites excluding steroid dienone is 2. The molecule has 27 heavy (non-hydrogen) atoms. The molecular weight excluding hydrogens is 360 g/mol. The summed E-state index contributed by atoms with van der Waals surface area (Å²) < 4.78 is 0. The van der Waals surface area contributed by atoms with Crippen molar-refractivity contribution in [2.45, 2.75) is 30.8 Å². The molecule has 4 rings (SSSR count). The molecular formula is C21H15ClN4O. The molecule has 0 N–H and O–H groups in total. The van der Waals surface area contributed by atoms with Crippen molar-refractivity contribution in [2.24, 2.45) is 11.3 Å². The van der Waals surface area contributed by atoms with E-state index in [9.17, 15) is 20.6 Å². The van der Waals surface area contributed by atoms with Crippen LogP contribution in [0.2, 0.25) is 5.02 Å². The Morgan fingerprint density at radius 1 is 1.19 bits per heavy atom. The topological polar surface area (TPSA) is 91.7 Å². The summed E-state index contributed by atoms with van der Waals surface area (Å²) in [4.78, 5) is 15.0. The molecule has 1 aromatic rings. The van der Waals surface area contributed by atoms with Crippen molar-refractivity contribution < 1.29 is 4.79 Å². The van der Waals surface area contributed by atoms with Gasteiger partial charge in [0, 0.05) is 23.1 Å². The zero-order chi connectivity index (χ0) is 19.2. The third-order valence-electron chi connectivity index (χ3n) is 5.67. The van der Waals surface area contributed by atoms with Gasteiger partial charge in [-0.3, -0.25) is 4.79 Å². The van der Waals surface area contributed by atoms with E-state index in [-0.39, 0.29) is 11.7 Å². The van der Waals surface area contributed by atoms with Crippen LogP contribution in [0.1, 0.15) is 24.3 Å². The highest BCUT2D eigenvalue weighted by Crippen LogP contribution is 2.55. The third kappa shape index (κ3) is 2.46. The number of nitriles is 3. The van der Waals surface area contributed by atoms with Crippen LogP contribution in [0.25, 0.3) is 0 Å². The van der Waals surface area contributed by atoms with E-state index >= 15 is 0 Å². The van der Waals surface area contributed by atoms with Crippen molar-refractivity contribution in [3.05, 3.63) is 58.8 Å². The van der Waals surface area contributed by atoms with Crippen molar-refractivity contribution in [1.82, 2.24) is 4.90 Å². The molecule has 5 nitrogen and oxygen atoms in total. The van der Waals surface area contributed by atoms with E-state index in [0.717, 1.165) is 12.8 Å². The van der Waals surface area contributed by atoms with Gasteiger partial charge in [0.15, 0.2) is 11.2 Å². The first kappa shape index (κ1) is 17.3. The number of rotatable bonds is 3. The lowest BCUT2D eigenvalue weighted by atomic mass is 9.69. The van der Waals surface area contributed by atoms with Crippen molar-refractivity contribution in [1.29, 1.82) is 15.8 Å². The van der Waals surface area contributed by atoms with Crippen LogP contribution in [-0.4, -0.2) is 22.8 Å². The van der Waals surface area contributed by atoms with Crippen LogP contribution in [0, 0.1) is 45.3 Å². The number of fused-ring (bicyclic) bond motifs is 1. The van der Waals surface area contributed by atoms with E-state index in [4.69, 9.17) is 11.6 Å². The van der Waals surface area contributed by atoms with Gasteiger partial charge in [-0.15, -0.1) is 0 Å². The van der Waals surface area contributed by atoms with Gasteiger partial charge in [-0.1, -0.05) is 35.9 Å². The molecule has 6 heteroatoms. The molecule has 132 valence electrons. The molecule has 0 radical (unpaired) electrons. The molecule has 0 unspecified atom stereocenters. The summed E-state index contributed by atoms with van der Waals surface area (Å²) in [6, 6.07) is 12.2. The van der Waals surface area contributed by atoms with E-state index in [1.165, 1.54) is 0 Å². The van der Waals surface area contributed by atoms with Crippen LogP contribution in [0.4, 0.5) is 0 Å². The summed E-state index contributed by atoms with van der Waals surface area (Å²) >= 11 is 6.43. The average molecular weight is 375 g/mol. The van der Waals surface area contributed by atoms with E-state index in [2.05, 4.69) is 18.2 Å². The van der Waals surface area contributed by atoms with Gasteiger partial charge < -0.3 is 4.90 Å². The first-order chi connectivity index (χ1) is 13.1. The molecule has 0 aromatic heterocycles. The average Bonchev–Trinajstić information content (AvgIpc) is 3.50. The summed E-state index contributed by atoms with van der Waals surface area (Å²) in [5.41, 5.74) is -0.464. The molecule has 1 saturated heterocycles. The van der Waals surface area contributed by atoms with E-state index in [0.29, 0.717) is 16.2 Å². The van der Waals surface area contributed by atoms with Crippen molar-refractivity contribution in [3.63, 3.8) is 0 Å². The molecule has 2 fully saturated rings. The van der Waals surface area contributed by atoms with Gasteiger partial charge in [0.1, 0.15) is 6.07 Å². The molecule has 0 bridgehead atoms. The molecule has 3 atom stereocenters. The number of ketones is 1. The number of benzene rings is 1. The Morgan fingerprint density at radius 3 is 2.48 bits per heavy atom. The van der Waals surface area contributed by atoms with Crippen LogP contribution in [0.3, 0.4) is 0 Å². The lowest BCUT2D eigenvalue weighted by Crippen LogP contribution is -2.40. The summed E-state index contributed by atoms with van der Waals surface area (Å²) in [7, 11) is 0. The maximum Gasteiger partial charge on any atom is 0.176 e. The minimum Gasteiger partial charge on any atom is -0.356 e. The Kier molecular flexibility index (Phi) is 4.03. The number of hydrogen-bond acceptors (Lipinski definition) is 5. The van der Waals surface area contributed by atoms with Gasteiger partial charge in [-0.2, -0.15) is 15.8 Å². The number of hydrogen-bond donors (Lipinski definition) is 0. The van der Waals surface area contributed by atoms with Crippen molar-refractivity contribution in [3.8, 4) is 18.2 Å². The smallest absolute Gasteiger partial charge is 0.176 e. The normalized spacial score (nSPS) is 27.7. The lowest BCUT2D eigenvalue weighted by Gasteiger charge is -2.30. The number of carbonyl (C=O) groups excluding carboxylic acids is 1. The Bertz CT molecular complexity index is 988. The van der Waals surface area contributed by atoms with Gasteiger partial charge in [0.05, 0.1) is 29.8 Å². The summed E-state index contributed by atoms with van der Waals surface area (Å²) in [6.45, 7) is 0. The lowest BCUT2D eigenvalue weighted by molar-refractivity contribution is -0.124. The van der Waals surface area contributed by atoms with Crippen LogP contribution in [0.5, 0.6) is 0 Å². The van der Waals surface area contributed by atoms with Crippen LogP contribution in [-0.2, 0) is 4.79 Å². The molecule has 0 amide bonds. The van der Waals surface area contributed by atoms with E-state index in [1.807, 2.05) is 0 Å². The minimum absolute atomic E-state index is 0.0149. The summed E-state index contributed by atoms with van der Waals surface area (Å²) in [6.07, 6.45) is 6.54. The standard InChI is InChI=1S/C21H15ClN4O/c22-16-4-2-1-3-15(16)18-19(20(27)14-6-7-14)26-10-13(9-23)5-8-17(26)21(18,11-24)12-25/h1-5,8,10,14,17-19H,6-7H2/t17-,18+,19+/m1/s1. The second-order valence-corrected chi connectivity index (χ2v) is 7.57. The maximum absolute atomic E-state index is 13.2. The van der Waals surface area contributed by atoms with Gasteiger partial charge in [0.25, 0.3) is 0 Å². The first-order valence-corrected chi connectivity index (χ1v) is 9.13. The summed E-state index contributed by atoms with van der Waals surface area (Å²) in [5.74, 6) is -0.738. The monoisotopic (exact) mass is 374 g/mol. The predicted octanol–water partition coefficient (Wildman–Crippen LogP) is 3.47. The number of Topliss-reactive ketones (excluding diaryl/α,β-unsaturated/α-hetero) is 1. The van der Waals surface area contributed by atoms with E-state index in [1.54, 1.807) is 47.5 Å². The highest BCUT2D eigenvalue weighted by atomic mass is 35.5. The number of nitrogens with zero attached hydrogens (tertiary/aromatic N) is 4. The van der Waals surface area contributed by atoms with Gasteiger partial charge in [0.2, 0.25) is 0 Å². The molecule has 1 aromatic carbocycles. The largest absolute Gasteiger partial charge is 0.356 e. The second kappa shape index (κ2) is 6.27. The summed E-state index contributed by atoms with van der Waals surface area (Å²) in [5, 5.41) is 29.9. The number of halogens is 1. The highest BCUT2D eigenvalue weighted by molar-refractivity contribution is 6.31. The second-order valence-electron chi connectivity index (χ2n) is 7.16. The van der Waals surface area contributed by atoms with Gasteiger partial charge in [-0.05, 0) is 30.5 Å². The van der Waals surface area contributed by atoms with E-state index < -0.39 is 23.4 Å². The zero-order valence-electron chi connectivity index (χ0n) is 14.3. The first-order valence-electron chi connectivity index (χ1n) is 8.75. The Hall–Kier alpha value is -3.07. The quantitative estimate of drug-likeness (QED) is 0.807. The molecule has 2 aliphatic heterocycles. The minimum atomic E-state index is -1.48. The van der Waals surface area contributed by atoms with Gasteiger partial charge in [-0.25, -0.2) is 0 Å².